The number of hydrogen-bond donors (Lipinski definition) is 1. The summed E-state index contributed by atoms with van der Waals surface area (Å²) in [4.78, 5) is 3.67. The Balaban J connectivity index is 0. The van der Waals surface area contributed by atoms with E-state index in [1.807, 2.05) is 19.9 Å². The highest BCUT2D eigenvalue weighted by atomic mass is 35.5. The number of rotatable bonds is 7. The first-order valence-electron chi connectivity index (χ1n) is 8.27. The number of nitrogens with zero attached hydrogens (tertiary/aromatic N) is 2. The van der Waals surface area contributed by atoms with Gasteiger partial charge < -0.3 is 9.84 Å². The molecule has 0 saturated heterocycles. The number of halogens is 5. The van der Waals surface area contributed by atoms with Gasteiger partial charge in [-0.25, -0.2) is 4.98 Å². The van der Waals surface area contributed by atoms with Gasteiger partial charge in [0.25, 0.3) is 0 Å². The predicted molar refractivity (Wildman–Crippen MR) is 109 cm³/mol. The summed E-state index contributed by atoms with van der Waals surface area (Å²) in [5.41, 5.74) is -1.81. The lowest BCUT2D eigenvalue weighted by molar-refractivity contribution is -0.139. The van der Waals surface area contributed by atoms with Crippen molar-refractivity contribution in [2.24, 2.45) is 5.92 Å². The lowest BCUT2D eigenvalue weighted by Crippen LogP contribution is -2.29. The first-order valence-corrected chi connectivity index (χ1v) is 9.63. The fraction of sp³-hybridized carbons (Fsp3) is 0.556. The molecule has 0 aliphatic carbocycles. The van der Waals surface area contributed by atoms with Gasteiger partial charge in [0.1, 0.15) is 5.15 Å². The Labute approximate surface area is 179 Å². The summed E-state index contributed by atoms with van der Waals surface area (Å²) in [7, 11) is 0. The molecule has 0 amide bonds. The minimum Gasteiger partial charge on any atom is -0.502 e. The normalized spacial score (nSPS) is 14.1. The van der Waals surface area contributed by atoms with Crippen LogP contribution in [0.5, 0.6) is 0 Å². The maximum Gasteiger partial charge on any atom is 0.417 e. The third kappa shape index (κ3) is 10.4. The van der Waals surface area contributed by atoms with E-state index in [9.17, 15) is 18.3 Å². The topological polar surface area (TPSA) is 66.1 Å². The van der Waals surface area contributed by atoms with E-state index in [2.05, 4.69) is 4.98 Å². The van der Waals surface area contributed by atoms with Gasteiger partial charge in [-0.2, -0.15) is 18.4 Å². The van der Waals surface area contributed by atoms with Crippen LogP contribution in [0.1, 0.15) is 39.7 Å². The molecule has 0 fully saturated rings. The van der Waals surface area contributed by atoms with Gasteiger partial charge >= 0.3 is 6.18 Å². The molecule has 0 spiro atoms. The standard InChI is InChI=1S/C9H9ClF3NS.C9H15NO2.ClH/c1-2-5-15-7-6(9(11,12)13)3-4-14-8(7)10;1-4-12-6-5-9(3,11)8(2)7-10;/h3-4H,2,5H2,1H3;5-6,8,11H,4H2,1-3H3;1H/b;6-5+;. The number of aromatic nitrogens is 1. The van der Waals surface area contributed by atoms with Crippen molar-refractivity contribution in [1.82, 2.24) is 4.98 Å². The largest absolute Gasteiger partial charge is 0.502 e. The zero-order valence-corrected chi connectivity index (χ0v) is 18.5. The Bertz CT molecular complexity index is 651. The molecule has 0 aromatic carbocycles. The zero-order chi connectivity index (χ0) is 21.1. The molecule has 1 N–H and O–H groups in total. The summed E-state index contributed by atoms with van der Waals surface area (Å²) >= 11 is 6.73. The molecule has 1 aromatic heterocycles. The minimum absolute atomic E-state index is 0. The number of ether oxygens (including phenoxy) is 1. The van der Waals surface area contributed by atoms with Crippen LogP contribution in [0, 0.1) is 17.2 Å². The summed E-state index contributed by atoms with van der Waals surface area (Å²) in [6.07, 6.45) is 0.398. The zero-order valence-electron chi connectivity index (χ0n) is 16.1. The van der Waals surface area contributed by atoms with Crippen molar-refractivity contribution < 1.29 is 23.0 Å². The molecule has 4 nitrogen and oxygen atoms in total. The van der Waals surface area contributed by atoms with E-state index >= 15 is 0 Å². The maximum absolute atomic E-state index is 12.6. The van der Waals surface area contributed by atoms with Gasteiger partial charge in [-0.1, -0.05) is 18.5 Å². The minimum atomic E-state index is -4.37. The number of alkyl halides is 3. The number of thioether (sulfide) groups is 1. The van der Waals surface area contributed by atoms with Gasteiger partial charge in [-0.3, -0.25) is 0 Å². The van der Waals surface area contributed by atoms with Gasteiger partial charge in [0, 0.05) is 6.20 Å². The Hall–Kier alpha value is -1.14. The average molecular weight is 461 g/mol. The Morgan fingerprint density at radius 3 is 2.50 bits per heavy atom. The van der Waals surface area contributed by atoms with E-state index in [-0.39, 0.29) is 22.5 Å². The van der Waals surface area contributed by atoms with Crippen molar-refractivity contribution in [1.29, 1.82) is 5.26 Å². The van der Waals surface area contributed by atoms with Crippen LogP contribution in [0.25, 0.3) is 0 Å². The molecule has 0 aliphatic heterocycles. The summed E-state index contributed by atoms with van der Waals surface area (Å²) in [6.45, 7) is 7.55. The fourth-order valence-corrected chi connectivity index (χ4v) is 2.79. The smallest absolute Gasteiger partial charge is 0.417 e. The molecule has 0 aliphatic rings. The van der Waals surface area contributed by atoms with E-state index < -0.39 is 23.3 Å². The van der Waals surface area contributed by atoms with Crippen LogP contribution >= 0.6 is 35.8 Å². The number of nitriles is 1. The van der Waals surface area contributed by atoms with Crippen LogP contribution in [0.2, 0.25) is 5.15 Å². The number of aliphatic hydroxyl groups is 1. The fourth-order valence-electron chi connectivity index (χ4n) is 1.54. The average Bonchev–Trinajstić information content (AvgIpc) is 2.59. The quantitative estimate of drug-likeness (QED) is 0.301. The number of hydrogen-bond acceptors (Lipinski definition) is 5. The molecule has 2 atom stereocenters. The molecule has 28 heavy (non-hydrogen) atoms. The molecule has 1 rings (SSSR count). The van der Waals surface area contributed by atoms with E-state index in [0.717, 1.165) is 30.4 Å². The van der Waals surface area contributed by atoms with Crippen molar-refractivity contribution in [2.75, 3.05) is 12.4 Å². The summed E-state index contributed by atoms with van der Waals surface area (Å²) in [5, 5.41) is 18.1. The van der Waals surface area contributed by atoms with Gasteiger partial charge in [-0.15, -0.1) is 24.2 Å². The van der Waals surface area contributed by atoms with E-state index in [0.29, 0.717) is 12.4 Å². The third-order valence-electron chi connectivity index (χ3n) is 3.36. The highest BCUT2D eigenvalue weighted by Crippen LogP contribution is 2.39. The molecule has 10 heteroatoms. The molecule has 1 heterocycles. The second kappa shape index (κ2) is 13.9. The SMILES string of the molecule is CCCSc1c(C(F)(F)F)ccnc1Cl.CCO/C=C/C(C)(O)C(C)C#N.Cl. The summed E-state index contributed by atoms with van der Waals surface area (Å²) < 4.78 is 42.6. The molecule has 160 valence electrons. The molecular weight excluding hydrogens is 436 g/mol. The lowest BCUT2D eigenvalue weighted by Gasteiger charge is -2.20. The molecule has 0 saturated carbocycles. The van der Waals surface area contributed by atoms with Crippen LogP contribution < -0.4 is 0 Å². The lowest BCUT2D eigenvalue weighted by atomic mass is 9.92. The first-order chi connectivity index (χ1) is 12.5. The maximum atomic E-state index is 12.6. The van der Waals surface area contributed by atoms with Crippen molar-refractivity contribution in [2.45, 2.75) is 50.8 Å². The second-order valence-electron chi connectivity index (χ2n) is 5.66. The van der Waals surface area contributed by atoms with E-state index in [1.165, 1.54) is 12.3 Å². The Kier molecular flexibility index (Phi) is 14.5. The van der Waals surface area contributed by atoms with E-state index in [4.69, 9.17) is 21.6 Å². The second-order valence-corrected chi connectivity index (χ2v) is 7.12. The van der Waals surface area contributed by atoms with Gasteiger partial charge in [-0.05, 0) is 45.1 Å². The molecule has 0 bridgehead atoms. The van der Waals surface area contributed by atoms with E-state index in [1.54, 1.807) is 13.8 Å². The van der Waals surface area contributed by atoms with Crippen LogP contribution in [0.4, 0.5) is 13.2 Å². The van der Waals surface area contributed by atoms with Crippen molar-refractivity contribution in [3.63, 3.8) is 0 Å². The first kappa shape index (κ1) is 29.1. The Morgan fingerprint density at radius 1 is 1.43 bits per heavy atom. The molecule has 1 aromatic rings. The highest BCUT2D eigenvalue weighted by Gasteiger charge is 2.34. The summed E-state index contributed by atoms with van der Waals surface area (Å²) in [6, 6.07) is 2.92. The van der Waals surface area contributed by atoms with Crippen molar-refractivity contribution in [3.8, 4) is 6.07 Å². The van der Waals surface area contributed by atoms with Gasteiger partial charge in [0.15, 0.2) is 0 Å². The summed E-state index contributed by atoms with van der Waals surface area (Å²) in [5.74, 6) is 0.156. The molecule has 0 radical (unpaired) electrons. The number of pyridine rings is 1. The molecule has 2 unspecified atom stereocenters. The van der Waals surface area contributed by atoms with Gasteiger partial charge in [0.2, 0.25) is 0 Å². The van der Waals surface area contributed by atoms with Gasteiger partial charge in [0.05, 0.1) is 40.9 Å². The van der Waals surface area contributed by atoms with Crippen molar-refractivity contribution in [3.05, 3.63) is 35.3 Å². The monoisotopic (exact) mass is 460 g/mol. The Morgan fingerprint density at radius 2 is 2.04 bits per heavy atom. The van der Waals surface area contributed by atoms with Crippen LogP contribution in [-0.2, 0) is 10.9 Å². The van der Waals surface area contributed by atoms with Crippen LogP contribution in [0.3, 0.4) is 0 Å². The van der Waals surface area contributed by atoms with Crippen molar-refractivity contribution >= 4 is 35.8 Å². The van der Waals surface area contributed by atoms with Crippen LogP contribution in [-0.4, -0.2) is 28.1 Å². The van der Waals surface area contributed by atoms with Crippen LogP contribution in [0.15, 0.2) is 29.5 Å². The molecular formula is C18H25Cl2F3N2O2S. The highest BCUT2D eigenvalue weighted by molar-refractivity contribution is 7.99. The predicted octanol–water partition coefficient (Wildman–Crippen LogP) is 6.12. The third-order valence-corrected chi connectivity index (χ3v) is 5.07.